The van der Waals surface area contributed by atoms with Crippen molar-refractivity contribution in [2.75, 3.05) is 21.3 Å². The Kier molecular flexibility index (Phi) is 5.90. The minimum absolute atomic E-state index is 0.00685. The number of carbonyl (C=O) groups excluding carboxylic acids is 2. The smallest absolute Gasteiger partial charge is 0.315 e. The van der Waals surface area contributed by atoms with Gasteiger partial charge in [0.05, 0.1) is 25.8 Å². The van der Waals surface area contributed by atoms with Crippen molar-refractivity contribution in [1.82, 2.24) is 0 Å². The van der Waals surface area contributed by atoms with Crippen LogP contribution in [0.2, 0.25) is 0 Å². The Balaban J connectivity index is 2.32. The van der Waals surface area contributed by atoms with Crippen LogP contribution < -0.4 is 9.47 Å². The molecule has 2 aliphatic rings. The van der Waals surface area contributed by atoms with Gasteiger partial charge in [-0.2, -0.15) is 0 Å². The summed E-state index contributed by atoms with van der Waals surface area (Å²) in [5, 5.41) is 0. The zero-order valence-corrected chi connectivity index (χ0v) is 19.2. The zero-order chi connectivity index (χ0) is 21.5. The van der Waals surface area contributed by atoms with Crippen molar-refractivity contribution in [3.63, 3.8) is 0 Å². The Morgan fingerprint density at radius 3 is 2.45 bits per heavy atom. The maximum Gasteiger partial charge on any atom is 0.315 e. The summed E-state index contributed by atoms with van der Waals surface area (Å²) in [5.41, 5.74) is 2.47. The van der Waals surface area contributed by atoms with Gasteiger partial charge in [0.2, 0.25) is 0 Å². The Morgan fingerprint density at radius 2 is 1.86 bits per heavy atom. The van der Waals surface area contributed by atoms with E-state index in [1.807, 2.05) is 13.0 Å². The Labute approximate surface area is 179 Å². The Hall–Kier alpha value is -2.15. The zero-order valence-electron chi connectivity index (χ0n) is 17.6. The van der Waals surface area contributed by atoms with Crippen LogP contribution in [0, 0.1) is 11.3 Å². The number of methoxy groups -OCH3 is 3. The number of hydrogen-bond donors (Lipinski definition) is 0. The molecule has 0 amide bonds. The molecule has 0 saturated carbocycles. The lowest BCUT2D eigenvalue weighted by molar-refractivity contribution is -0.143. The quantitative estimate of drug-likeness (QED) is 0.616. The van der Waals surface area contributed by atoms with Gasteiger partial charge in [-0.05, 0) is 46.8 Å². The van der Waals surface area contributed by atoms with Gasteiger partial charge >= 0.3 is 5.97 Å². The molecule has 156 valence electrons. The lowest BCUT2D eigenvalue weighted by atomic mass is 9.66. The lowest BCUT2D eigenvalue weighted by Crippen LogP contribution is -2.39. The number of Topliss-reactive ketones (excluding diaryl/α,β-unsaturated/α-hetero) is 1. The SMILES string of the molecule is COC(=O)C1C(C)=NC2=C(C(=O)CC(C)(C)C2)[C@H]1c1cc(OC)cc(Br)c1OC. The molecule has 6 nitrogen and oxygen atoms in total. The molecule has 1 aliphatic heterocycles. The van der Waals surface area contributed by atoms with Gasteiger partial charge in [-0.25, -0.2) is 0 Å². The summed E-state index contributed by atoms with van der Waals surface area (Å²) in [6.07, 6.45) is 1.07. The summed E-state index contributed by atoms with van der Waals surface area (Å²) in [5.74, 6) is -0.531. The maximum atomic E-state index is 13.3. The molecule has 3 rings (SSSR count). The molecule has 0 N–H and O–H groups in total. The molecule has 2 atom stereocenters. The summed E-state index contributed by atoms with van der Waals surface area (Å²) < 4.78 is 16.9. The first-order valence-corrected chi connectivity index (χ1v) is 10.2. The number of halogens is 1. The average molecular weight is 464 g/mol. The number of rotatable bonds is 4. The first kappa shape index (κ1) is 21.6. The van der Waals surface area contributed by atoms with Gasteiger partial charge in [-0.1, -0.05) is 13.8 Å². The average Bonchev–Trinajstić information content (AvgIpc) is 2.64. The van der Waals surface area contributed by atoms with E-state index >= 15 is 0 Å². The molecule has 1 aromatic rings. The lowest BCUT2D eigenvalue weighted by Gasteiger charge is -2.39. The second kappa shape index (κ2) is 7.94. The van der Waals surface area contributed by atoms with Gasteiger partial charge in [0.15, 0.2) is 5.78 Å². The number of nitrogens with zero attached hydrogens (tertiary/aromatic N) is 1. The number of aliphatic imine (C=N–C) groups is 1. The van der Waals surface area contributed by atoms with Crippen LogP contribution >= 0.6 is 15.9 Å². The fourth-order valence-corrected chi connectivity index (χ4v) is 4.98. The van der Waals surface area contributed by atoms with Crippen LogP contribution in [0.4, 0.5) is 0 Å². The monoisotopic (exact) mass is 463 g/mol. The number of ketones is 1. The third-order valence-corrected chi connectivity index (χ3v) is 6.17. The molecule has 1 aliphatic carbocycles. The summed E-state index contributed by atoms with van der Waals surface area (Å²) in [4.78, 5) is 30.7. The van der Waals surface area contributed by atoms with E-state index in [9.17, 15) is 9.59 Å². The predicted molar refractivity (Wildman–Crippen MR) is 114 cm³/mol. The highest BCUT2D eigenvalue weighted by atomic mass is 79.9. The van der Waals surface area contributed by atoms with Crippen molar-refractivity contribution >= 4 is 33.4 Å². The van der Waals surface area contributed by atoms with E-state index in [-0.39, 0.29) is 11.2 Å². The molecular formula is C22H26BrNO5. The maximum absolute atomic E-state index is 13.3. The number of ether oxygens (including phenoxy) is 3. The van der Waals surface area contributed by atoms with Crippen molar-refractivity contribution in [3.05, 3.63) is 33.4 Å². The molecule has 29 heavy (non-hydrogen) atoms. The van der Waals surface area contributed by atoms with Gasteiger partial charge < -0.3 is 14.2 Å². The molecule has 0 aromatic heterocycles. The third-order valence-electron chi connectivity index (χ3n) is 5.58. The van der Waals surface area contributed by atoms with E-state index in [2.05, 4.69) is 34.8 Å². The van der Waals surface area contributed by atoms with E-state index in [1.54, 1.807) is 20.3 Å². The van der Waals surface area contributed by atoms with Crippen molar-refractivity contribution in [2.24, 2.45) is 16.3 Å². The van der Waals surface area contributed by atoms with Crippen LogP contribution in [-0.2, 0) is 14.3 Å². The van der Waals surface area contributed by atoms with Crippen molar-refractivity contribution in [3.8, 4) is 11.5 Å². The number of esters is 1. The molecule has 0 bridgehead atoms. The van der Waals surface area contributed by atoms with Gasteiger partial charge in [-0.15, -0.1) is 0 Å². The van der Waals surface area contributed by atoms with Crippen molar-refractivity contribution in [2.45, 2.75) is 39.5 Å². The first-order chi connectivity index (χ1) is 13.6. The van der Waals surface area contributed by atoms with Crippen LogP contribution in [0.25, 0.3) is 0 Å². The molecule has 1 aromatic carbocycles. The number of allylic oxidation sites excluding steroid dienone is 2. The van der Waals surface area contributed by atoms with Crippen LogP contribution in [0.15, 0.2) is 32.9 Å². The summed E-state index contributed by atoms with van der Waals surface area (Å²) in [7, 11) is 4.48. The van der Waals surface area contributed by atoms with Gasteiger partial charge in [-0.3, -0.25) is 14.6 Å². The van der Waals surface area contributed by atoms with E-state index in [4.69, 9.17) is 14.2 Å². The normalized spacial score (nSPS) is 23.3. The largest absolute Gasteiger partial charge is 0.497 e. The standard InChI is InChI=1S/C22H26BrNO5/c1-11-17(21(26)29-6)18(13-7-12(27-4)8-14(23)20(13)28-5)19-15(24-11)9-22(2,3)10-16(19)25/h7-8,17-18H,9-10H2,1-6H3/t17?,18-/m0/s1. The van der Waals surface area contributed by atoms with Crippen LogP contribution in [-0.4, -0.2) is 38.8 Å². The van der Waals surface area contributed by atoms with Crippen molar-refractivity contribution < 1.29 is 23.8 Å². The minimum atomic E-state index is -0.711. The molecular weight excluding hydrogens is 438 g/mol. The number of carbonyl (C=O) groups is 2. The molecule has 0 radical (unpaired) electrons. The van der Waals surface area contributed by atoms with E-state index in [1.165, 1.54) is 7.11 Å². The van der Waals surface area contributed by atoms with Gasteiger partial charge in [0.25, 0.3) is 0 Å². The topological polar surface area (TPSA) is 74.2 Å². The van der Waals surface area contributed by atoms with E-state index < -0.39 is 17.8 Å². The Morgan fingerprint density at radius 1 is 1.17 bits per heavy atom. The molecule has 0 saturated heterocycles. The number of benzene rings is 1. The fraction of sp³-hybridized carbons (Fsp3) is 0.500. The first-order valence-electron chi connectivity index (χ1n) is 9.44. The predicted octanol–water partition coefficient (Wildman–Crippen LogP) is 4.46. The number of hydrogen-bond acceptors (Lipinski definition) is 6. The minimum Gasteiger partial charge on any atom is -0.497 e. The third kappa shape index (κ3) is 3.84. The highest BCUT2D eigenvalue weighted by Gasteiger charge is 2.47. The van der Waals surface area contributed by atoms with Crippen molar-refractivity contribution in [1.29, 1.82) is 0 Å². The van der Waals surface area contributed by atoms with Crippen LogP contribution in [0.5, 0.6) is 11.5 Å². The van der Waals surface area contributed by atoms with Gasteiger partial charge in [0, 0.05) is 34.9 Å². The summed E-state index contributed by atoms with van der Waals surface area (Å²) in [6.45, 7) is 5.93. The highest BCUT2D eigenvalue weighted by Crippen LogP contribution is 2.51. The molecule has 0 fully saturated rings. The summed E-state index contributed by atoms with van der Waals surface area (Å²) in [6, 6.07) is 3.61. The van der Waals surface area contributed by atoms with Gasteiger partial charge in [0.1, 0.15) is 17.4 Å². The summed E-state index contributed by atoms with van der Waals surface area (Å²) >= 11 is 3.52. The second-order valence-electron chi connectivity index (χ2n) is 8.26. The molecule has 7 heteroatoms. The van der Waals surface area contributed by atoms with Crippen LogP contribution in [0.3, 0.4) is 0 Å². The molecule has 1 unspecified atom stereocenters. The highest BCUT2D eigenvalue weighted by molar-refractivity contribution is 9.10. The second-order valence-corrected chi connectivity index (χ2v) is 9.12. The van der Waals surface area contributed by atoms with E-state index in [0.29, 0.717) is 45.7 Å². The molecule has 1 heterocycles. The van der Waals surface area contributed by atoms with E-state index in [0.717, 1.165) is 5.70 Å². The Bertz CT molecular complexity index is 931. The fourth-order valence-electron chi connectivity index (χ4n) is 4.37. The van der Waals surface area contributed by atoms with Crippen LogP contribution in [0.1, 0.15) is 45.1 Å². The molecule has 0 spiro atoms.